The summed E-state index contributed by atoms with van der Waals surface area (Å²) in [5, 5.41) is 14.3. The summed E-state index contributed by atoms with van der Waals surface area (Å²) >= 11 is 8.36. The van der Waals surface area contributed by atoms with Gasteiger partial charge in [0.2, 0.25) is 0 Å². The number of hydrogen-bond acceptors (Lipinski definition) is 5. The van der Waals surface area contributed by atoms with E-state index in [0.717, 1.165) is 0 Å². The Labute approximate surface area is 143 Å². The lowest BCUT2D eigenvalue weighted by Crippen LogP contribution is -2.39. The van der Waals surface area contributed by atoms with Crippen molar-refractivity contribution in [1.82, 2.24) is 10.6 Å². The number of carbonyl (C=O) groups is 1. The molecular weight excluding hydrogens is 372 g/mol. The normalized spacial score (nSPS) is 10.1. The lowest BCUT2D eigenvalue weighted by Gasteiger charge is -2.11. The highest BCUT2D eigenvalue weighted by atomic mass is 79.9. The van der Waals surface area contributed by atoms with Crippen molar-refractivity contribution in [2.24, 2.45) is 0 Å². The van der Waals surface area contributed by atoms with Crippen LogP contribution in [0.15, 0.2) is 22.7 Å². The summed E-state index contributed by atoms with van der Waals surface area (Å²) in [6, 6.07) is 5.02. The van der Waals surface area contributed by atoms with Crippen LogP contribution in [0, 0.1) is 0 Å². The molecule has 0 aromatic heterocycles. The zero-order valence-corrected chi connectivity index (χ0v) is 14.6. The molecule has 0 aliphatic rings. The first-order valence-electron chi connectivity index (χ1n) is 6.69. The fraction of sp³-hybridized carbons (Fsp3) is 0.429. The van der Waals surface area contributed by atoms with Gasteiger partial charge in [-0.2, -0.15) is 0 Å². The average molecular weight is 391 g/mol. The van der Waals surface area contributed by atoms with E-state index in [-0.39, 0.29) is 17.6 Å². The van der Waals surface area contributed by atoms with Crippen molar-refractivity contribution in [3.63, 3.8) is 0 Å². The maximum Gasteiger partial charge on any atom is 0.257 e. The predicted octanol–water partition coefficient (Wildman–Crippen LogP) is 1.46. The summed E-state index contributed by atoms with van der Waals surface area (Å²) in [7, 11) is 1.60. The number of rotatable bonds is 8. The molecule has 0 heterocycles. The van der Waals surface area contributed by atoms with E-state index in [1.165, 1.54) is 0 Å². The first kappa shape index (κ1) is 18.8. The van der Waals surface area contributed by atoms with Gasteiger partial charge in [-0.05, 0) is 52.8 Å². The lowest BCUT2D eigenvalue weighted by molar-refractivity contribution is 0.0976. The van der Waals surface area contributed by atoms with E-state index in [1.54, 1.807) is 25.3 Å². The molecule has 22 heavy (non-hydrogen) atoms. The molecule has 0 aliphatic carbocycles. The minimum absolute atomic E-state index is 0.0705. The molecule has 0 saturated carbocycles. The molecule has 0 aliphatic heterocycles. The van der Waals surface area contributed by atoms with Gasteiger partial charge in [0.25, 0.3) is 5.91 Å². The predicted molar refractivity (Wildman–Crippen MR) is 91.3 cm³/mol. The summed E-state index contributed by atoms with van der Waals surface area (Å²) in [5.74, 6) is 0.322. The largest absolute Gasteiger partial charge is 0.490 e. The molecule has 8 heteroatoms. The molecule has 0 bridgehead atoms. The van der Waals surface area contributed by atoms with E-state index in [1.807, 2.05) is 0 Å². The number of methoxy groups -OCH3 is 1. The van der Waals surface area contributed by atoms with E-state index in [0.29, 0.717) is 42.0 Å². The Morgan fingerprint density at radius 3 is 2.82 bits per heavy atom. The Kier molecular flexibility index (Phi) is 8.98. The number of nitrogens with one attached hydrogen (secondary N) is 2. The summed E-state index contributed by atoms with van der Waals surface area (Å²) in [6.45, 7) is 1.49. The van der Waals surface area contributed by atoms with Crippen molar-refractivity contribution in [1.29, 1.82) is 0 Å². The van der Waals surface area contributed by atoms with E-state index in [2.05, 4.69) is 26.6 Å². The van der Waals surface area contributed by atoms with Crippen molar-refractivity contribution < 1.29 is 19.4 Å². The van der Waals surface area contributed by atoms with Crippen LogP contribution in [-0.2, 0) is 4.74 Å². The highest BCUT2D eigenvalue weighted by Crippen LogP contribution is 2.25. The number of halogens is 1. The Balaban J connectivity index is 2.55. The van der Waals surface area contributed by atoms with Crippen LogP contribution in [0.2, 0.25) is 0 Å². The topological polar surface area (TPSA) is 79.8 Å². The van der Waals surface area contributed by atoms with Crippen LogP contribution in [0.25, 0.3) is 0 Å². The number of carbonyl (C=O) groups excluding carboxylic acids is 1. The standard InChI is InChI=1S/C14H19BrN2O4S/c1-20-7-8-21-12-4-3-10(9-11(12)15)13(19)17-14(22)16-5-2-6-18/h3-4,9,18H,2,5-8H2,1H3,(H2,16,17,19,22). The fourth-order valence-corrected chi connectivity index (χ4v) is 2.18. The van der Waals surface area contributed by atoms with Gasteiger partial charge < -0.3 is 19.9 Å². The Morgan fingerprint density at radius 1 is 1.41 bits per heavy atom. The van der Waals surface area contributed by atoms with Crippen LogP contribution < -0.4 is 15.4 Å². The van der Waals surface area contributed by atoms with Crippen LogP contribution >= 0.6 is 28.1 Å². The van der Waals surface area contributed by atoms with Crippen molar-refractivity contribution in [2.75, 3.05) is 33.5 Å². The van der Waals surface area contributed by atoms with Gasteiger partial charge >= 0.3 is 0 Å². The van der Waals surface area contributed by atoms with Gasteiger partial charge in [0.1, 0.15) is 12.4 Å². The number of hydrogen-bond donors (Lipinski definition) is 3. The summed E-state index contributed by atoms with van der Waals surface area (Å²) < 4.78 is 11.1. The molecule has 0 unspecified atom stereocenters. The second kappa shape index (κ2) is 10.5. The van der Waals surface area contributed by atoms with Crippen LogP contribution in [0.5, 0.6) is 5.75 Å². The maximum atomic E-state index is 12.0. The van der Waals surface area contributed by atoms with Crippen molar-refractivity contribution >= 4 is 39.2 Å². The third-order valence-electron chi connectivity index (χ3n) is 2.59. The van der Waals surface area contributed by atoms with Crippen LogP contribution in [0.4, 0.5) is 0 Å². The molecule has 0 fully saturated rings. The smallest absolute Gasteiger partial charge is 0.257 e. The number of aliphatic hydroxyl groups excluding tert-OH is 1. The molecule has 0 radical (unpaired) electrons. The third-order valence-corrected chi connectivity index (χ3v) is 3.45. The molecule has 122 valence electrons. The van der Waals surface area contributed by atoms with Gasteiger partial charge in [0.15, 0.2) is 5.11 Å². The number of aliphatic hydroxyl groups is 1. The number of amides is 1. The Morgan fingerprint density at radius 2 is 2.18 bits per heavy atom. The van der Waals surface area contributed by atoms with Gasteiger partial charge in [-0.15, -0.1) is 0 Å². The van der Waals surface area contributed by atoms with Gasteiger partial charge in [-0.1, -0.05) is 0 Å². The second-order valence-corrected chi connectivity index (χ2v) is 5.54. The zero-order chi connectivity index (χ0) is 16.4. The monoisotopic (exact) mass is 390 g/mol. The third kappa shape index (κ3) is 6.69. The lowest BCUT2D eigenvalue weighted by atomic mass is 10.2. The molecule has 6 nitrogen and oxygen atoms in total. The molecule has 1 amide bonds. The maximum absolute atomic E-state index is 12.0. The van der Waals surface area contributed by atoms with Crippen molar-refractivity contribution in [2.45, 2.75) is 6.42 Å². The van der Waals surface area contributed by atoms with Gasteiger partial charge in [0.05, 0.1) is 11.1 Å². The molecule has 0 spiro atoms. The van der Waals surface area contributed by atoms with E-state index in [9.17, 15) is 4.79 Å². The SMILES string of the molecule is COCCOc1ccc(C(=O)NC(=S)NCCCO)cc1Br. The van der Waals surface area contributed by atoms with Crippen molar-refractivity contribution in [3.05, 3.63) is 28.2 Å². The molecular formula is C14H19BrN2O4S. The first-order valence-corrected chi connectivity index (χ1v) is 7.90. The summed E-state index contributed by atoms with van der Waals surface area (Å²) in [5.41, 5.74) is 0.456. The zero-order valence-electron chi connectivity index (χ0n) is 12.2. The highest BCUT2D eigenvalue weighted by Gasteiger charge is 2.10. The minimum atomic E-state index is -0.314. The Bertz CT molecular complexity index is 514. The van der Waals surface area contributed by atoms with Crippen LogP contribution in [0.3, 0.4) is 0 Å². The summed E-state index contributed by atoms with van der Waals surface area (Å²) in [6.07, 6.45) is 0.565. The van der Waals surface area contributed by atoms with E-state index in [4.69, 9.17) is 26.8 Å². The molecule has 3 N–H and O–H groups in total. The number of ether oxygens (including phenoxy) is 2. The van der Waals surface area contributed by atoms with Gasteiger partial charge in [0, 0.05) is 25.8 Å². The second-order valence-electron chi connectivity index (χ2n) is 4.27. The van der Waals surface area contributed by atoms with Gasteiger partial charge in [-0.3, -0.25) is 10.1 Å². The van der Waals surface area contributed by atoms with E-state index < -0.39 is 0 Å². The first-order chi connectivity index (χ1) is 10.6. The molecule has 0 saturated heterocycles. The summed E-state index contributed by atoms with van der Waals surface area (Å²) in [4.78, 5) is 12.0. The van der Waals surface area contributed by atoms with Gasteiger partial charge in [-0.25, -0.2) is 0 Å². The quantitative estimate of drug-likeness (QED) is 0.460. The minimum Gasteiger partial charge on any atom is -0.490 e. The average Bonchev–Trinajstić information content (AvgIpc) is 2.49. The number of thiocarbonyl (C=S) groups is 1. The number of benzene rings is 1. The Hall–Kier alpha value is -1.22. The molecule has 1 aromatic rings. The van der Waals surface area contributed by atoms with Crippen molar-refractivity contribution in [3.8, 4) is 5.75 Å². The molecule has 1 aromatic carbocycles. The highest BCUT2D eigenvalue weighted by molar-refractivity contribution is 9.10. The van der Waals surface area contributed by atoms with E-state index >= 15 is 0 Å². The van der Waals surface area contributed by atoms with Crippen LogP contribution in [0.1, 0.15) is 16.8 Å². The van der Waals surface area contributed by atoms with Crippen LogP contribution in [-0.4, -0.2) is 49.6 Å². The molecule has 1 rings (SSSR count). The molecule has 0 atom stereocenters. The fourth-order valence-electron chi connectivity index (χ4n) is 1.49.